The number of nitrogens with one attached hydrogen (secondary N) is 2. The number of amides is 1. The molecule has 0 spiro atoms. The summed E-state index contributed by atoms with van der Waals surface area (Å²) >= 11 is 0. The molecule has 8 nitrogen and oxygen atoms in total. The molecule has 1 amide bonds. The highest BCUT2D eigenvalue weighted by atomic mass is 127. The Labute approximate surface area is 199 Å². The minimum absolute atomic E-state index is 0. The summed E-state index contributed by atoms with van der Waals surface area (Å²) in [4.78, 5) is 18.8. The molecule has 0 aliphatic carbocycles. The number of hydrogen-bond acceptors (Lipinski definition) is 4. The molecule has 0 radical (unpaired) electrons. The van der Waals surface area contributed by atoms with Crippen LogP contribution in [0, 0.1) is 0 Å². The topological polar surface area (TPSA) is 86.9 Å². The van der Waals surface area contributed by atoms with Crippen molar-refractivity contribution in [3.05, 3.63) is 65.6 Å². The van der Waals surface area contributed by atoms with Crippen molar-refractivity contribution in [2.45, 2.75) is 32.4 Å². The number of rotatable bonds is 6. The molecule has 3 aromatic rings. The van der Waals surface area contributed by atoms with Gasteiger partial charge in [-0.15, -0.1) is 34.2 Å². The second-order valence-electron chi connectivity index (χ2n) is 7.34. The molecule has 0 bridgehead atoms. The lowest BCUT2D eigenvalue weighted by Crippen LogP contribution is -2.39. The zero-order chi connectivity index (χ0) is 20.8. The van der Waals surface area contributed by atoms with Crippen LogP contribution in [0.4, 0.5) is 0 Å². The van der Waals surface area contributed by atoms with Gasteiger partial charge in [-0.3, -0.25) is 14.2 Å². The Morgan fingerprint density at radius 1 is 1.10 bits per heavy atom. The van der Waals surface area contributed by atoms with Gasteiger partial charge in [-0.05, 0) is 36.1 Å². The Balaban J connectivity index is 0.00000272. The highest BCUT2D eigenvalue weighted by Crippen LogP contribution is 2.19. The van der Waals surface area contributed by atoms with Gasteiger partial charge in [0.25, 0.3) is 0 Å². The van der Waals surface area contributed by atoms with E-state index >= 15 is 0 Å². The highest BCUT2D eigenvalue weighted by Gasteiger charge is 2.19. The van der Waals surface area contributed by atoms with E-state index < -0.39 is 0 Å². The summed E-state index contributed by atoms with van der Waals surface area (Å²) in [7, 11) is 1.73. The van der Waals surface area contributed by atoms with Crippen molar-refractivity contribution in [3.8, 4) is 0 Å². The Kier molecular flexibility index (Phi) is 8.21. The number of fused-ring (bicyclic) bond motifs is 2. The van der Waals surface area contributed by atoms with Crippen LogP contribution in [0.5, 0.6) is 0 Å². The molecule has 2 N–H and O–H groups in total. The predicted molar refractivity (Wildman–Crippen MR) is 131 cm³/mol. The number of nitrogens with zero attached hydrogens (tertiary/aromatic N) is 5. The third-order valence-electron chi connectivity index (χ3n) is 5.37. The van der Waals surface area contributed by atoms with Crippen LogP contribution in [0.2, 0.25) is 0 Å². The molecule has 4 rings (SSSR count). The Bertz CT molecular complexity index is 1050. The van der Waals surface area contributed by atoms with Crippen LogP contribution in [0.25, 0.3) is 5.65 Å². The van der Waals surface area contributed by atoms with E-state index in [1.807, 2.05) is 39.8 Å². The summed E-state index contributed by atoms with van der Waals surface area (Å²) in [5, 5.41) is 14.9. The monoisotopic (exact) mass is 533 g/mol. The number of guanidine groups is 1. The largest absolute Gasteiger partial charge is 0.356 e. The van der Waals surface area contributed by atoms with Gasteiger partial charge in [-0.1, -0.05) is 30.3 Å². The van der Waals surface area contributed by atoms with Crippen molar-refractivity contribution in [3.63, 3.8) is 0 Å². The van der Waals surface area contributed by atoms with Crippen molar-refractivity contribution in [2.24, 2.45) is 4.99 Å². The average Bonchev–Trinajstić information content (AvgIpc) is 3.21. The first-order valence-corrected chi connectivity index (χ1v) is 10.3. The molecule has 0 saturated carbocycles. The molecule has 0 atom stereocenters. The van der Waals surface area contributed by atoms with E-state index in [2.05, 4.69) is 44.0 Å². The molecule has 31 heavy (non-hydrogen) atoms. The van der Waals surface area contributed by atoms with Gasteiger partial charge in [-0.2, -0.15) is 0 Å². The van der Waals surface area contributed by atoms with E-state index in [1.54, 1.807) is 7.05 Å². The lowest BCUT2D eigenvalue weighted by Gasteiger charge is -2.29. The molecule has 0 unspecified atom stereocenters. The van der Waals surface area contributed by atoms with Crippen molar-refractivity contribution in [1.82, 2.24) is 30.1 Å². The zero-order valence-corrected chi connectivity index (χ0v) is 20.0. The van der Waals surface area contributed by atoms with E-state index in [0.717, 1.165) is 37.4 Å². The molecule has 2 aromatic heterocycles. The zero-order valence-electron chi connectivity index (χ0n) is 17.6. The molecular weight excluding hydrogens is 505 g/mol. The lowest BCUT2D eigenvalue weighted by atomic mass is 9.99. The van der Waals surface area contributed by atoms with Crippen molar-refractivity contribution >= 4 is 41.5 Å². The summed E-state index contributed by atoms with van der Waals surface area (Å²) in [5.74, 6) is 1.71. The molecule has 0 fully saturated rings. The molecule has 0 saturated heterocycles. The van der Waals surface area contributed by atoms with Gasteiger partial charge in [0.15, 0.2) is 17.4 Å². The Hall–Kier alpha value is -2.69. The van der Waals surface area contributed by atoms with E-state index in [0.29, 0.717) is 25.5 Å². The summed E-state index contributed by atoms with van der Waals surface area (Å²) in [6.07, 6.45) is 4.16. The second-order valence-corrected chi connectivity index (χ2v) is 7.34. The van der Waals surface area contributed by atoms with Crippen LogP contribution in [-0.4, -0.2) is 51.5 Å². The van der Waals surface area contributed by atoms with Crippen molar-refractivity contribution < 1.29 is 4.79 Å². The van der Waals surface area contributed by atoms with Crippen LogP contribution in [0.1, 0.15) is 29.8 Å². The van der Waals surface area contributed by atoms with Crippen LogP contribution in [-0.2, 0) is 24.3 Å². The fourth-order valence-electron chi connectivity index (χ4n) is 3.71. The van der Waals surface area contributed by atoms with Crippen LogP contribution in [0.3, 0.4) is 0 Å². The van der Waals surface area contributed by atoms with Crippen molar-refractivity contribution in [1.29, 1.82) is 0 Å². The highest BCUT2D eigenvalue weighted by molar-refractivity contribution is 14.0. The smallest absolute Gasteiger partial charge is 0.222 e. The number of carbonyl (C=O) groups excluding carboxylic acids is 1. The first-order valence-electron chi connectivity index (χ1n) is 10.3. The van der Waals surface area contributed by atoms with Gasteiger partial charge in [0, 0.05) is 39.3 Å². The third-order valence-corrected chi connectivity index (χ3v) is 5.37. The number of benzene rings is 1. The van der Waals surface area contributed by atoms with Crippen molar-refractivity contribution in [2.75, 3.05) is 20.1 Å². The molecule has 1 aliphatic heterocycles. The SMILES string of the molecule is CN=C(NCCCC(=O)N1CCc2ccccc2C1)NCc1nnc2ccccn12.I. The minimum atomic E-state index is 0. The summed E-state index contributed by atoms with van der Waals surface area (Å²) in [5.41, 5.74) is 3.44. The number of aliphatic imine (C=N–C) groups is 1. The first kappa shape index (κ1) is 23.0. The van der Waals surface area contributed by atoms with Gasteiger partial charge >= 0.3 is 0 Å². The Morgan fingerprint density at radius 3 is 2.74 bits per heavy atom. The van der Waals surface area contributed by atoms with Crippen LogP contribution in [0.15, 0.2) is 53.7 Å². The Morgan fingerprint density at radius 2 is 1.90 bits per heavy atom. The number of carbonyl (C=O) groups is 1. The first-order chi connectivity index (χ1) is 14.7. The predicted octanol–water partition coefficient (Wildman–Crippen LogP) is 2.38. The molecular formula is C22H28IN7O. The van der Waals surface area contributed by atoms with Gasteiger partial charge in [0.2, 0.25) is 5.91 Å². The van der Waals surface area contributed by atoms with E-state index in [1.165, 1.54) is 11.1 Å². The second kappa shape index (κ2) is 11.1. The fraction of sp³-hybridized carbons (Fsp3) is 0.364. The number of aromatic nitrogens is 3. The number of halogens is 1. The molecule has 1 aromatic carbocycles. The maximum atomic E-state index is 12.6. The summed E-state index contributed by atoms with van der Waals surface area (Å²) in [6, 6.07) is 14.2. The van der Waals surface area contributed by atoms with E-state index in [9.17, 15) is 4.79 Å². The van der Waals surface area contributed by atoms with Gasteiger partial charge < -0.3 is 15.5 Å². The molecule has 9 heteroatoms. The quantitative estimate of drug-likeness (QED) is 0.220. The van der Waals surface area contributed by atoms with Gasteiger partial charge in [0.1, 0.15) is 0 Å². The maximum Gasteiger partial charge on any atom is 0.222 e. The minimum Gasteiger partial charge on any atom is -0.356 e. The van der Waals surface area contributed by atoms with E-state index in [4.69, 9.17) is 0 Å². The molecule has 3 heterocycles. The molecule has 1 aliphatic rings. The third kappa shape index (κ3) is 5.72. The number of hydrogen-bond donors (Lipinski definition) is 2. The van der Waals surface area contributed by atoms with Crippen LogP contribution < -0.4 is 10.6 Å². The van der Waals surface area contributed by atoms with E-state index in [-0.39, 0.29) is 29.9 Å². The summed E-state index contributed by atoms with van der Waals surface area (Å²) in [6.45, 7) is 2.71. The van der Waals surface area contributed by atoms with Crippen LogP contribution >= 0.6 is 24.0 Å². The van der Waals surface area contributed by atoms with Gasteiger partial charge in [0.05, 0.1) is 6.54 Å². The maximum absolute atomic E-state index is 12.6. The van der Waals surface area contributed by atoms with Gasteiger partial charge in [-0.25, -0.2) is 0 Å². The summed E-state index contributed by atoms with van der Waals surface area (Å²) < 4.78 is 1.94. The standard InChI is InChI=1S/C22H27N7O.HI/c1-23-22(25-15-20-27-26-19-9-4-5-13-29(19)20)24-12-6-10-21(30)28-14-11-17-7-2-3-8-18(17)16-28;/h2-5,7-9,13H,6,10-12,14-16H2,1H3,(H2,23,24,25);1H. The molecule has 164 valence electrons. The lowest BCUT2D eigenvalue weighted by molar-refractivity contribution is -0.132. The fourth-order valence-corrected chi connectivity index (χ4v) is 3.71. The number of pyridine rings is 1. The normalized spacial score (nSPS) is 13.5. The average molecular weight is 533 g/mol.